The summed E-state index contributed by atoms with van der Waals surface area (Å²) in [5, 5.41) is 3.75. The first-order valence-electron chi connectivity index (χ1n) is 8.62. The van der Waals surface area contributed by atoms with Crippen molar-refractivity contribution in [3.05, 3.63) is 30.0 Å². The average molecular weight is 360 g/mol. The molecule has 0 saturated carbocycles. The number of fused-ring (bicyclic) bond motifs is 1. The van der Waals surface area contributed by atoms with E-state index in [0.29, 0.717) is 12.3 Å². The monoisotopic (exact) mass is 360 g/mol. The SMILES string of the molecule is COc1ccc2c(c1)c(C(C)(C)CNC(C)=O)cn2C(=O)OC(C)(C)C. The Morgan fingerprint density at radius 3 is 2.35 bits per heavy atom. The molecule has 0 bridgehead atoms. The normalized spacial score (nSPS) is 12.1. The van der Waals surface area contributed by atoms with E-state index in [9.17, 15) is 9.59 Å². The van der Waals surface area contributed by atoms with E-state index in [0.717, 1.165) is 16.5 Å². The number of nitrogens with one attached hydrogen (secondary N) is 1. The molecule has 1 amide bonds. The lowest BCUT2D eigenvalue weighted by atomic mass is 9.84. The van der Waals surface area contributed by atoms with Gasteiger partial charge in [0.15, 0.2) is 0 Å². The van der Waals surface area contributed by atoms with Gasteiger partial charge in [-0.05, 0) is 44.5 Å². The van der Waals surface area contributed by atoms with Gasteiger partial charge >= 0.3 is 6.09 Å². The molecule has 0 fully saturated rings. The lowest BCUT2D eigenvalue weighted by Gasteiger charge is -2.24. The van der Waals surface area contributed by atoms with E-state index in [1.54, 1.807) is 13.3 Å². The molecule has 0 aliphatic rings. The third-order valence-corrected chi connectivity index (χ3v) is 4.11. The van der Waals surface area contributed by atoms with Gasteiger partial charge in [-0.1, -0.05) is 13.8 Å². The van der Waals surface area contributed by atoms with Crippen LogP contribution in [0.1, 0.15) is 47.1 Å². The van der Waals surface area contributed by atoms with Crippen molar-refractivity contribution in [3.8, 4) is 5.75 Å². The second-order valence-corrected chi connectivity index (χ2v) is 8.07. The summed E-state index contributed by atoms with van der Waals surface area (Å²) in [5.74, 6) is 0.613. The maximum atomic E-state index is 12.7. The molecular weight excluding hydrogens is 332 g/mol. The van der Waals surface area contributed by atoms with E-state index in [2.05, 4.69) is 5.32 Å². The number of methoxy groups -OCH3 is 1. The highest BCUT2D eigenvalue weighted by atomic mass is 16.6. The third-order valence-electron chi connectivity index (χ3n) is 4.11. The maximum absolute atomic E-state index is 12.7. The van der Waals surface area contributed by atoms with Gasteiger partial charge < -0.3 is 14.8 Å². The maximum Gasteiger partial charge on any atom is 0.419 e. The van der Waals surface area contributed by atoms with Crippen LogP contribution in [0.3, 0.4) is 0 Å². The van der Waals surface area contributed by atoms with Crippen LogP contribution in [0.5, 0.6) is 5.75 Å². The fourth-order valence-electron chi connectivity index (χ4n) is 2.78. The van der Waals surface area contributed by atoms with Crippen LogP contribution in [0.4, 0.5) is 4.79 Å². The molecule has 2 rings (SSSR count). The average Bonchev–Trinajstić information content (AvgIpc) is 2.91. The Morgan fingerprint density at radius 2 is 1.81 bits per heavy atom. The zero-order valence-electron chi connectivity index (χ0n) is 16.6. The molecule has 0 saturated heterocycles. The summed E-state index contributed by atoms with van der Waals surface area (Å²) in [4.78, 5) is 24.0. The molecule has 0 atom stereocenters. The summed E-state index contributed by atoms with van der Waals surface area (Å²) in [6, 6.07) is 5.56. The van der Waals surface area contributed by atoms with Gasteiger partial charge in [0, 0.05) is 30.5 Å². The first kappa shape index (κ1) is 19.8. The molecule has 1 aromatic carbocycles. The summed E-state index contributed by atoms with van der Waals surface area (Å²) >= 11 is 0. The fraction of sp³-hybridized carbons (Fsp3) is 0.500. The van der Waals surface area contributed by atoms with E-state index in [4.69, 9.17) is 9.47 Å². The van der Waals surface area contributed by atoms with Gasteiger partial charge in [0.2, 0.25) is 5.91 Å². The first-order valence-corrected chi connectivity index (χ1v) is 8.62. The Bertz CT molecular complexity index is 828. The van der Waals surface area contributed by atoms with Crippen molar-refractivity contribution in [2.24, 2.45) is 0 Å². The smallest absolute Gasteiger partial charge is 0.419 e. The molecule has 26 heavy (non-hydrogen) atoms. The van der Waals surface area contributed by atoms with E-state index in [1.165, 1.54) is 11.5 Å². The summed E-state index contributed by atoms with van der Waals surface area (Å²) in [6.45, 7) is 11.5. The highest BCUT2D eigenvalue weighted by molar-refractivity contribution is 5.93. The Labute approximate surface area is 154 Å². The van der Waals surface area contributed by atoms with Crippen molar-refractivity contribution >= 4 is 22.9 Å². The van der Waals surface area contributed by atoms with Crippen LogP contribution < -0.4 is 10.1 Å². The highest BCUT2D eigenvalue weighted by Crippen LogP contribution is 2.34. The number of benzene rings is 1. The topological polar surface area (TPSA) is 69.6 Å². The van der Waals surface area contributed by atoms with Gasteiger partial charge in [0.25, 0.3) is 0 Å². The number of carbonyl (C=O) groups excluding carboxylic acids is 2. The van der Waals surface area contributed by atoms with Crippen molar-refractivity contribution in [1.29, 1.82) is 0 Å². The highest BCUT2D eigenvalue weighted by Gasteiger charge is 2.28. The molecule has 1 aromatic heterocycles. The Morgan fingerprint density at radius 1 is 1.15 bits per heavy atom. The van der Waals surface area contributed by atoms with Gasteiger partial charge in [-0.2, -0.15) is 0 Å². The molecular formula is C20H28N2O4. The van der Waals surface area contributed by atoms with E-state index < -0.39 is 11.7 Å². The Hall–Kier alpha value is -2.50. The van der Waals surface area contributed by atoms with E-state index in [1.807, 2.05) is 52.8 Å². The number of hydrogen-bond donors (Lipinski definition) is 1. The molecule has 0 aliphatic carbocycles. The lowest BCUT2D eigenvalue weighted by Crippen LogP contribution is -2.35. The number of aromatic nitrogens is 1. The first-order chi connectivity index (χ1) is 11.9. The van der Waals surface area contributed by atoms with Crippen LogP contribution in [-0.2, 0) is 14.9 Å². The summed E-state index contributed by atoms with van der Waals surface area (Å²) in [6.07, 6.45) is 1.36. The second kappa shape index (κ2) is 7.02. The van der Waals surface area contributed by atoms with Gasteiger partial charge in [0.1, 0.15) is 11.4 Å². The van der Waals surface area contributed by atoms with Crippen LogP contribution in [-0.4, -0.2) is 35.8 Å². The molecule has 0 unspecified atom stereocenters. The third kappa shape index (κ3) is 4.36. The van der Waals surface area contributed by atoms with Crippen LogP contribution in [0.25, 0.3) is 10.9 Å². The van der Waals surface area contributed by atoms with Crippen LogP contribution >= 0.6 is 0 Å². The molecule has 6 heteroatoms. The largest absolute Gasteiger partial charge is 0.497 e. The number of hydrogen-bond acceptors (Lipinski definition) is 4. The minimum Gasteiger partial charge on any atom is -0.497 e. The minimum atomic E-state index is -0.591. The van der Waals surface area contributed by atoms with Crippen molar-refractivity contribution in [2.75, 3.05) is 13.7 Å². The van der Waals surface area contributed by atoms with Crippen LogP contribution in [0, 0.1) is 0 Å². The summed E-state index contributed by atoms with van der Waals surface area (Å²) in [5.41, 5.74) is 0.701. The predicted molar refractivity (Wildman–Crippen MR) is 102 cm³/mol. The van der Waals surface area contributed by atoms with Gasteiger partial charge in [-0.15, -0.1) is 0 Å². The number of nitrogens with zero attached hydrogens (tertiary/aromatic N) is 1. The van der Waals surface area contributed by atoms with E-state index in [-0.39, 0.29) is 11.3 Å². The molecule has 142 valence electrons. The van der Waals surface area contributed by atoms with Crippen molar-refractivity contribution in [1.82, 2.24) is 9.88 Å². The van der Waals surface area contributed by atoms with E-state index >= 15 is 0 Å². The van der Waals surface area contributed by atoms with Gasteiger partial charge in [0.05, 0.1) is 12.6 Å². The zero-order chi connectivity index (χ0) is 19.7. The predicted octanol–water partition coefficient (Wildman–Crippen LogP) is 3.85. The van der Waals surface area contributed by atoms with Crippen molar-refractivity contribution in [3.63, 3.8) is 0 Å². The number of ether oxygens (including phenoxy) is 2. The number of amides is 1. The number of carbonyl (C=O) groups is 2. The summed E-state index contributed by atoms with van der Waals surface area (Å²) in [7, 11) is 1.61. The van der Waals surface area contributed by atoms with Gasteiger partial charge in [-0.3, -0.25) is 9.36 Å². The molecule has 1 N–H and O–H groups in total. The molecule has 0 spiro atoms. The quantitative estimate of drug-likeness (QED) is 0.899. The Kier molecular flexibility index (Phi) is 5.35. The van der Waals surface area contributed by atoms with Gasteiger partial charge in [-0.25, -0.2) is 4.79 Å². The molecule has 6 nitrogen and oxygen atoms in total. The van der Waals surface area contributed by atoms with Crippen LogP contribution in [0.2, 0.25) is 0 Å². The lowest BCUT2D eigenvalue weighted by molar-refractivity contribution is -0.119. The zero-order valence-corrected chi connectivity index (χ0v) is 16.6. The Balaban J connectivity index is 2.58. The van der Waals surface area contributed by atoms with Crippen molar-refractivity contribution < 1.29 is 19.1 Å². The van der Waals surface area contributed by atoms with Crippen LogP contribution in [0.15, 0.2) is 24.4 Å². The summed E-state index contributed by atoms with van der Waals surface area (Å²) < 4.78 is 12.4. The standard InChI is InChI=1S/C20H28N2O4/c1-13(23)21-12-20(5,6)16-11-22(18(24)26-19(2,3)4)17-9-8-14(25-7)10-15(16)17/h8-11H,12H2,1-7H3,(H,21,23). The fourth-order valence-corrected chi connectivity index (χ4v) is 2.78. The molecule has 0 radical (unpaired) electrons. The second-order valence-electron chi connectivity index (χ2n) is 8.07. The number of rotatable bonds is 4. The molecule has 1 heterocycles. The minimum absolute atomic E-state index is 0.0912. The molecule has 2 aromatic rings. The molecule has 0 aliphatic heterocycles. The van der Waals surface area contributed by atoms with Crippen molar-refractivity contribution in [2.45, 2.75) is 52.6 Å².